The van der Waals surface area contributed by atoms with Crippen LogP contribution in [0.5, 0.6) is 0 Å². The second-order valence-corrected chi connectivity index (χ2v) is 8.88. The van der Waals surface area contributed by atoms with Gasteiger partial charge in [0.15, 0.2) is 5.82 Å². The molecule has 1 N–H and O–H groups in total. The molecule has 0 saturated heterocycles. The fourth-order valence-corrected chi connectivity index (χ4v) is 6.38. The number of thiophene rings is 1. The number of nitrogens with one attached hydrogen (secondary N) is 1. The highest BCUT2D eigenvalue weighted by atomic mass is 32.1. The number of rotatable bonds is 3. The second kappa shape index (κ2) is 5.15. The summed E-state index contributed by atoms with van der Waals surface area (Å²) >= 11 is 1.52. The zero-order valence-electron chi connectivity index (χ0n) is 13.7. The molecule has 4 bridgehead atoms. The Morgan fingerprint density at radius 1 is 1.25 bits per heavy atom. The fraction of sp³-hybridized carbons (Fsp3) is 0.611. The number of hydrogen-bond acceptors (Lipinski definition) is 5. The van der Waals surface area contributed by atoms with E-state index >= 15 is 0 Å². The van der Waals surface area contributed by atoms with Gasteiger partial charge in [-0.25, -0.2) is 0 Å². The molecule has 0 atom stereocenters. The average Bonchev–Trinajstić information content (AvgIpc) is 3.14. The third-order valence-corrected chi connectivity index (χ3v) is 7.06. The van der Waals surface area contributed by atoms with E-state index in [4.69, 9.17) is 4.52 Å². The highest BCUT2D eigenvalue weighted by Crippen LogP contribution is 2.60. The van der Waals surface area contributed by atoms with Crippen molar-refractivity contribution in [1.29, 1.82) is 0 Å². The molecule has 6 heteroatoms. The number of aryl methyl sites for hydroxylation is 1. The van der Waals surface area contributed by atoms with Crippen molar-refractivity contribution in [3.63, 3.8) is 0 Å². The van der Waals surface area contributed by atoms with Crippen molar-refractivity contribution in [1.82, 2.24) is 10.1 Å². The first-order chi connectivity index (χ1) is 11.6. The molecule has 4 saturated carbocycles. The lowest BCUT2D eigenvalue weighted by Gasteiger charge is -2.55. The van der Waals surface area contributed by atoms with Crippen molar-refractivity contribution in [2.75, 3.05) is 5.32 Å². The maximum atomic E-state index is 13.2. The molecule has 0 aliphatic heterocycles. The third-order valence-electron chi connectivity index (χ3n) is 6.16. The van der Waals surface area contributed by atoms with E-state index in [1.807, 2.05) is 11.4 Å². The largest absolute Gasteiger partial charge is 0.333 e. The Labute approximate surface area is 144 Å². The van der Waals surface area contributed by atoms with Crippen LogP contribution in [-0.4, -0.2) is 16.0 Å². The van der Waals surface area contributed by atoms with Crippen molar-refractivity contribution < 1.29 is 9.32 Å². The first kappa shape index (κ1) is 14.6. The summed E-state index contributed by atoms with van der Waals surface area (Å²) in [5, 5.41) is 9.02. The van der Waals surface area contributed by atoms with Gasteiger partial charge in [0.25, 0.3) is 5.89 Å². The lowest BCUT2D eigenvalue weighted by molar-refractivity contribution is -0.140. The summed E-state index contributed by atoms with van der Waals surface area (Å²) in [7, 11) is 0. The van der Waals surface area contributed by atoms with Gasteiger partial charge in [-0.1, -0.05) is 5.16 Å². The maximum Gasteiger partial charge on any atom is 0.270 e. The molecule has 0 unspecified atom stereocenters. The van der Waals surface area contributed by atoms with Crippen LogP contribution in [0.1, 0.15) is 44.3 Å². The van der Waals surface area contributed by atoms with Gasteiger partial charge >= 0.3 is 0 Å². The van der Waals surface area contributed by atoms with E-state index in [2.05, 4.69) is 15.5 Å². The number of anilines is 1. The Morgan fingerprint density at radius 2 is 1.92 bits per heavy atom. The van der Waals surface area contributed by atoms with E-state index < -0.39 is 0 Å². The van der Waals surface area contributed by atoms with Gasteiger partial charge in [0, 0.05) is 0 Å². The van der Waals surface area contributed by atoms with Crippen molar-refractivity contribution in [2.45, 2.75) is 45.4 Å². The van der Waals surface area contributed by atoms with Gasteiger partial charge in [-0.3, -0.25) is 4.79 Å². The molecule has 4 aliphatic carbocycles. The van der Waals surface area contributed by atoms with E-state index in [9.17, 15) is 4.79 Å². The summed E-state index contributed by atoms with van der Waals surface area (Å²) in [5.74, 6) is 3.60. The van der Waals surface area contributed by atoms with E-state index in [0.717, 1.165) is 47.6 Å². The molecule has 126 valence electrons. The molecule has 1 amide bonds. The van der Waals surface area contributed by atoms with Gasteiger partial charge in [0.2, 0.25) is 5.91 Å². The predicted octanol–water partition coefficient (Wildman–Crippen LogP) is 4.26. The van der Waals surface area contributed by atoms with Crippen molar-refractivity contribution >= 4 is 22.9 Å². The molecule has 4 aliphatic rings. The minimum Gasteiger partial charge on any atom is -0.333 e. The monoisotopic (exact) mass is 343 g/mol. The van der Waals surface area contributed by atoms with Gasteiger partial charge in [0.05, 0.1) is 11.1 Å². The van der Waals surface area contributed by atoms with Crippen LogP contribution in [0.25, 0.3) is 10.8 Å². The number of carbonyl (C=O) groups excluding carboxylic acids is 1. The smallest absolute Gasteiger partial charge is 0.270 e. The Kier molecular flexibility index (Phi) is 3.14. The molecular weight excluding hydrogens is 322 g/mol. The molecule has 0 radical (unpaired) electrons. The standard InChI is InChI=1S/C18H21N3O2S/c1-10-19-16(23-21-10)15-14(2-3-24-15)20-17(22)18-7-11-4-12(8-18)6-13(5-11)9-18/h2-3,11-13H,4-9H2,1H3,(H,20,22). The predicted molar refractivity (Wildman–Crippen MR) is 91.6 cm³/mol. The zero-order chi connectivity index (χ0) is 16.3. The van der Waals surface area contributed by atoms with Crippen molar-refractivity contribution in [3.05, 3.63) is 17.3 Å². The van der Waals surface area contributed by atoms with Crippen LogP contribution in [0.15, 0.2) is 16.0 Å². The highest BCUT2D eigenvalue weighted by molar-refractivity contribution is 7.14. The summed E-state index contributed by atoms with van der Waals surface area (Å²) in [4.78, 5) is 18.3. The molecular formula is C18H21N3O2S. The molecule has 0 aromatic carbocycles. The van der Waals surface area contributed by atoms with Gasteiger partial charge < -0.3 is 9.84 Å². The molecule has 0 spiro atoms. The van der Waals surface area contributed by atoms with Gasteiger partial charge in [-0.05, 0) is 74.6 Å². The number of nitrogens with zero attached hydrogens (tertiary/aromatic N) is 2. The van der Waals surface area contributed by atoms with Crippen molar-refractivity contribution in [3.8, 4) is 10.8 Å². The number of amides is 1. The molecule has 2 aromatic heterocycles. The summed E-state index contributed by atoms with van der Waals surface area (Å²) in [6.07, 6.45) is 7.25. The summed E-state index contributed by atoms with van der Waals surface area (Å²) in [6.45, 7) is 1.80. The molecule has 6 rings (SSSR count). The highest BCUT2D eigenvalue weighted by Gasteiger charge is 2.54. The van der Waals surface area contributed by atoms with Crippen LogP contribution in [0.3, 0.4) is 0 Å². The van der Waals surface area contributed by atoms with Crippen LogP contribution in [0, 0.1) is 30.1 Å². The zero-order valence-corrected chi connectivity index (χ0v) is 14.6. The van der Waals surface area contributed by atoms with Crippen molar-refractivity contribution in [2.24, 2.45) is 23.2 Å². The first-order valence-corrected chi connectivity index (χ1v) is 9.69. The van der Waals surface area contributed by atoms with Gasteiger partial charge in [-0.15, -0.1) is 11.3 Å². The van der Waals surface area contributed by atoms with Gasteiger partial charge in [-0.2, -0.15) is 4.98 Å². The Bertz CT molecular complexity index is 759. The van der Waals surface area contributed by atoms with E-state index in [1.165, 1.54) is 30.6 Å². The minimum atomic E-state index is -0.140. The summed E-state index contributed by atoms with van der Waals surface area (Å²) < 4.78 is 5.28. The molecule has 24 heavy (non-hydrogen) atoms. The van der Waals surface area contributed by atoms with Crippen LogP contribution in [0.4, 0.5) is 5.69 Å². The Morgan fingerprint density at radius 3 is 2.50 bits per heavy atom. The van der Waals surface area contributed by atoms with Crippen LogP contribution in [-0.2, 0) is 4.79 Å². The first-order valence-electron chi connectivity index (χ1n) is 8.81. The maximum absolute atomic E-state index is 13.2. The lowest BCUT2D eigenvalue weighted by Crippen LogP contribution is -2.51. The van der Waals surface area contributed by atoms with Crippen LogP contribution >= 0.6 is 11.3 Å². The summed E-state index contributed by atoms with van der Waals surface area (Å²) in [5.41, 5.74) is 0.669. The molecule has 4 fully saturated rings. The average molecular weight is 343 g/mol. The Hall–Kier alpha value is -1.69. The number of hydrogen-bond donors (Lipinski definition) is 1. The van der Waals surface area contributed by atoms with E-state index in [1.54, 1.807) is 6.92 Å². The summed E-state index contributed by atoms with van der Waals surface area (Å²) in [6, 6.07) is 1.94. The van der Waals surface area contributed by atoms with E-state index in [-0.39, 0.29) is 11.3 Å². The molecule has 5 nitrogen and oxygen atoms in total. The lowest BCUT2D eigenvalue weighted by atomic mass is 9.49. The number of carbonyl (C=O) groups is 1. The fourth-order valence-electron chi connectivity index (χ4n) is 5.61. The van der Waals surface area contributed by atoms with Crippen LogP contribution in [0.2, 0.25) is 0 Å². The minimum absolute atomic E-state index is 0.140. The Balaban J connectivity index is 1.41. The number of aromatic nitrogens is 2. The second-order valence-electron chi connectivity index (χ2n) is 7.96. The van der Waals surface area contributed by atoms with E-state index in [0.29, 0.717) is 11.7 Å². The molecule has 2 heterocycles. The van der Waals surface area contributed by atoms with Gasteiger partial charge in [0.1, 0.15) is 4.88 Å². The normalized spacial score (nSPS) is 33.8. The molecule has 2 aromatic rings. The third kappa shape index (κ3) is 2.23. The quantitative estimate of drug-likeness (QED) is 0.904. The topological polar surface area (TPSA) is 68.0 Å². The van der Waals surface area contributed by atoms with Crippen LogP contribution < -0.4 is 5.32 Å². The SMILES string of the molecule is Cc1noc(-c2sccc2NC(=O)C23CC4CC(CC(C4)C2)C3)n1.